The molecule has 2 aliphatic carbocycles. The molecule has 5 rings (SSSR count). The Balaban J connectivity index is 1.29. The second-order valence-electron chi connectivity index (χ2n) is 11.4. The summed E-state index contributed by atoms with van der Waals surface area (Å²) in [5, 5.41) is 33.9. The minimum absolute atomic E-state index is 0.0565. The van der Waals surface area contributed by atoms with Gasteiger partial charge in [-0.2, -0.15) is 0 Å². The molecule has 0 radical (unpaired) electrons. The maximum Gasteiger partial charge on any atom is 0.352 e. The Bertz CT molecular complexity index is 1330. The number of esters is 2. The molecule has 1 saturated heterocycles. The highest BCUT2D eigenvalue weighted by atomic mass is 16.6. The molecule has 41 heavy (non-hydrogen) atoms. The van der Waals surface area contributed by atoms with E-state index in [1.807, 2.05) is 13.1 Å². The van der Waals surface area contributed by atoms with E-state index in [2.05, 4.69) is 10.2 Å². The van der Waals surface area contributed by atoms with Crippen LogP contribution in [0.1, 0.15) is 50.7 Å². The first-order valence-electron chi connectivity index (χ1n) is 13.6. The summed E-state index contributed by atoms with van der Waals surface area (Å²) in [4.78, 5) is 50.6. The van der Waals surface area contributed by atoms with Crippen molar-refractivity contribution in [3.8, 4) is 11.5 Å². The van der Waals surface area contributed by atoms with E-state index in [0.29, 0.717) is 19.4 Å². The molecule has 222 valence electrons. The van der Waals surface area contributed by atoms with Crippen molar-refractivity contribution >= 4 is 23.8 Å². The Morgan fingerprint density at radius 1 is 1.24 bits per heavy atom. The van der Waals surface area contributed by atoms with Crippen molar-refractivity contribution in [3.63, 3.8) is 0 Å². The van der Waals surface area contributed by atoms with Crippen molar-refractivity contribution in [3.05, 3.63) is 35.1 Å². The summed E-state index contributed by atoms with van der Waals surface area (Å²) < 4.78 is 17.2. The number of aromatic hydroxyl groups is 1. The monoisotopic (exact) mass is 573 g/mol. The molecule has 0 aromatic heterocycles. The highest BCUT2D eigenvalue weighted by Gasteiger charge is 2.72. The molecule has 1 spiro atoms. The van der Waals surface area contributed by atoms with E-state index >= 15 is 0 Å². The Labute approximate surface area is 236 Å². The number of hydrogen-bond donors (Lipinski definition) is 5. The van der Waals surface area contributed by atoms with Crippen LogP contribution in [0.4, 0.5) is 0 Å². The number of nitrogens with two attached hydrogens (primary N) is 1. The lowest BCUT2D eigenvalue weighted by Gasteiger charge is -2.61. The number of nitrogens with zero attached hydrogens (tertiary/aromatic N) is 1. The van der Waals surface area contributed by atoms with Crippen LogP contribution in [0.15, 0.2) is 24.0 Å². The van der Waals surface area contributed by atoms with Crippen LogP contribution in [-0.2, 0) is 40.5 Å². The lowest BCUT2D eigenvalue weighted by atomic mass is 9.50. The normalized spacial score (nSPS) is 29.6. The SMILES string of the molecule is C[C@H](NC(=O)[C@@H](N)CCC(=O)O)C(=O)O[C@@H](C)C(=O)OC1=CC[C@@]2(O)[C@H]3Cc4ccc(O)c5c4[C@@]2(CCN3C)[C@H]1O5. The molecule has 1 aromatic rings. The van der Waals surface area contributed by atoms with Gasteiger partial charge in [-0.15, -0.1) is 0 Å². The topological polar surface area (TPSA) is 198 Å². The number of phenolic OH excluding ortho intramolecular Hbond substituents is 1. The summed E-state index contributed by atoms with van der Waals surface area (Å²) in [5.41, 5.74) is 5.23. The van der Waals surface area contributed by atoms with E-state index in [1.165, 1.54) is 13.8 Å². The zero-order valence-electron chi connectivity index (χ0n) is 23.1. The first-order valence-corrected chi connectivity index (χ1v) is 13.6. The Morgan fingerprint density at radius 2 is 1.98 bits per heavy atom. The average molecular weight is 574 g/mol. The lowest BCUT2D eigenvalue weighted by Crippen LogP contribution is -2.74. The summed E-state index contributed by atoms with van der Waals surface area (Å²) in [6, 6.07) is 0.918. The van der Waals surface area contributed by atoms with Gasteiger partial charge in [-0.05, 0) is 64.4 Å². The molecule has 1 fully saturated rings. The maximum atomic E-state index is 13.1. The third-order valence-corrected chi connectivity index (χ3v) is 8.92. The molecule has 4 aliphatic rings. The predicted octanol–water partition coefficient (Wildman–Crippen LogP) is -0.158. The number of hydrogen-bond acceptors (Lipinski definition) is 11. The van der Waals surface area contributed by atoms with Crippen LogP contribution in [0.3, 0.4) is 0 Å². The molecule has 7 atom stereocenters. The number of aliphatic carboxylic acids is 1. The van der Waals surface area contributed by atoms with Gasteiger partial charge >= 0.3 is 17.9 Å². The number of likely N-dealkylation sites (tertiary alicyclic amines) is 1. The van der Waals surface area contributed by atoms with Gasteiger partial charge < -0.3 is 45.5 Å². The Hall–Kier alpha value is -3.68. The molecule has 2 heterocycles. The number of ether oxygens (including phenoxy) is 3. The van der Waals surface area contributed by atoms with Gasteiger partial charge in [0.2, 0.25) is 5.91 Å². The van der Waals surface area contributed by atoms with Crippen molar-refractivity contribution in [2.45, 2.75) is 87.3 Å². The van der Waals surface area contributed by atoms with Gasteiger partial charge in [-0.1, -0.05) is 6.07 Å². The molecule has 13 heteroatoms. The van der Waals surface area contributed by atoms with Crippen molar-refractivity contribution in [2.75, 3.05) is 13.6 Å². The third-order valence-electron chi connectivity index (χ3n) is 8.92. The molecular weight excluding hydrogens is 538 g/mol. The van der Waals surface area contributed by atoms with Crippen molar-refractivity contribution in [2.24, 2.45) is 5.73 Å². The smallest absolute Gasteiger partial charge is 0.352 e. The van der Waals surface area contributed by atoms with Gasteiger partial charge in [-0.25, -0.2) is 9.59 Å². The van der Waals surface area contributed by atoms with E-state index in [4.69, 9.17) is 25.1 Å². The molecule has 6 N–H and O–H groups in total. The number of carboxylic acid groups (broad SMARTS) is 1. The minimum Gasteiger partial charge on any atom is -0.504 e. The van der Waals surface area contributed by atoms with Crippen molar-refractivity contribution in [1.29, 1.82) is 0 Å². The predicted molar refractivity (Wildman–Crippen MR) is 141 cm³/mol. The highest BCUT2D eigenvalue weighted by molar-refractivity contribution is 5.88. The quantitative estimate of drug-likeness (QED) is 0.245. The number of amides is 1. The molecule has 2 bridgehead atoms. The summed E-state index contributed by atoms with van der Waals surface area (Å²) >= 11 is 0. The molecule has 1 aromatic carbocycles. The standard InChI is InChI=1S/C28H35N3O10/c1-13(30-24(35)16(29)5-7-20(33)34)25(36)39-14(2)26(37)40-18-8-9-28(38)19-12-15-4-6-17(32)22-21(15)27(28,23(18)41-22)10-11-31(19)3/h4,6,8,13-14,16,19,23,32,38H,5,7,9-12,29H2,1-3H3,(H,30,35)(H,33,34)/t13-,14-,16-,19+,23-,27-,28+/m0/s1. The van der Waals surface area contributed by atoms with Crippen LogP contribution in [0, 0.1) is 0 Å². The Morgan fingerprint density at radius 3 is 2.68 bits per heavy atom. The van der Waals surface area contributed by atoms with E-state index in [0.717, 1.165) is 11.1 Å². The first kappa shape index (κ1) is 28.8. The number of aliphatic hydroxyl groups is 1. The van der Waals surface area contributed by atoms with Crippen LogP contribution in [0.2, 0.25) is 0 Å². The van der Waals surface area contributed by atoms with Gasteiger partial charge in [0.25, 0.3) is 0 Å². The number of carbonyl (C=O) groups excluding carboxylic acids is 3. The summed E-state index contributed by atoms with van der Waals surface area (Å²) in [7, 11) is 1.97. The largest absolute Gasteiger partial charge is 0.504 e. The fourth-order valence-electron chi connectivity index (χ4n) is 6.75. The first-order chi connectivity index (χ1) is 19.3. The zero-order chi connectivity index (χ0) is 29.9. The molecular formula is C28H35N3O10. The lowest BCUT2D eigenvalue weighted by molar-refractivity contribution is -0.176. The molecule has 0 saturated carbocycles. The van der Waals surface area contributed by atoms with E-state index in [-0.39, 0.29) is 42.6 Å². The average Bonchev–Trinajstić information content (AvgIpc) is 3.28. The van der Waals surface area contributed by atoms with Crippen molar-refractivity contribution < 1.29 is 48.7 Å². The van der Waals surface area contributed by atoms with Gasteiger partial charge in [0.1, 0.15) is 11.8 Å². The number of phenols is 1. The van der Waals surface area contributed by atoms with E-state index in [9.17, 15) is 29.4 Å². The minimum atomic E-state index is -1.36. The number of benzene rings is 1. The highest BCUT2D eigenvalue weighted by Crippen LogP contribution is 2.65. The number of rotatable bonds is 9. The number of carbonyl (C=O) groups is 4. The van der Waals surface area contributed by atoms with Crippen LogP contribution >= 0.6 is 0 Å². The van der Waals surface area contributed by atoms with Gasteiger partial charge in [0.15, 0.2) is 23.7 Å². The number of carboxylic acids is 1. The van der Waals surface area contributed by atoms with Gasteiger partial charge in [0, 0.05) is 24.4 Å². The number of likely N-dealkylation sites (N-methyl/N-ethyl adjacent to an activating group) is 1. The van der Waals surface area contributed by atoms with Crippen LogP contribution in [0.5, 0.6) is 11.5 Å². The summed E-state index contributed by atoms with van der Waals surface area (Å²) in [6.45, 7) is 3.34. The number of nitrogens with one attached hydrogen (secondary N) is 1. The summed E-state index contributed by atoms with van der Waals surface area (Å²) in [6.07, 6.45) is 0.260. The number of piperidine rings is 1. The van der Waals surface area contributed by atoms with Crippen LogP contribution in [0.25, 0.3) is 0 Å². The molecule has 13 nitrogen and oxygen atoms in total. The zero-order valence-corrected chi connectivity index (χ0v) is 23.1. The van der Waals surface area contributed by atoms with Crippen LogP contribution < -0.4 is 15.8 Å². The summed E-state index contributed by atoms with van der Waals surface area (Å²) in [5.74, 6) is -3.23. The molecule has 0 unspecified atom stereocenters. The Kier molecular flexibility index (Phi) is 7.24. The molecule has 2 aliphatic heterocycles. The van der Waals surface area contributed by atoms with E-state index in [1.54, 1.807) is 12.1 Å². The maximum absolute atomic E-state index is 13.1. The van der Waals surface area contributed by atoms with Crippen LogP contribution in [-0.4, -0.2) is 93.6 Å². The second kappa shape index (κ2) is 10.3. The second-order valence-corrected chi connectivity index (χ2v) is 11.4. The van der Waals surface area contributed by atoms with E-state index < -0.39 is 59.1 Å². The van der Waals surface area contributed by atoms with Crippen molar-refractivity contribution in [1.82, 2.24) is 10.2 Å². The third kappa shape index (κ3) is 4.52. The molecule has 1 amide bonds. The van der Waals surface area contributed by atoms with Gasteiger partial charge in [0.05, 0.1) is 17.1 Å². The van der Waals surface area contributed by atoms with Gasteiger partial charge in [-0.3, -0.25) is 9.59 Å². The fraction of sp³-hybridized carbons (Fsp3) is 0.571. The fourth-order valence-corrected chi connectivity index (χ4v) is 6.75.